The maximum absolute atomic E-state index is 12.9. The third-order valence-electron chi connectivity index (χ3n) is 4.54. The van der Waals surface area contributed by atoms with Crippen molar-refractivity contribution in [2.45, 2.75) is 18.2 Å². The molecule has 0 bridgehead atoms. The third kappa shape index (κ3) is 4.86. The quantitative estimate of drug-likeness (QED) is 0.299. The van der Waals surface area contributed by atoms with Gasteiger partial charge in [0, 0.05) is 30.7 Å². The molecule has 2 aromatic carbocycles. The first-order valence-corrected chi connectivity index (χ1v) is 10.6. The predicted octanol–water partition coefficient (Wildman–Crippen LogP) is 4.00. The summed E-state index contributed by atoms with van der Waals surface area (Å²) in [5.41, 5.74) is 1.24. The fraction of sp³-hybridized carbons (Fsp3) is 0.227. The van der Waals surface area contributed by atoms with Crippen molar-refractivity contribution in [3.8, 4) is 5.75 Å². The number of para-hydroxylation sites is 1. The molecule has 0 radical (unpaired) electrons. The third-order valence-corrected chi connectivity index (χ3v) is 5.74. The Bertz CT molecular complexity index is 1150. The van der Waals surface area contributed by atoms with E-state index in [1.54, 1.807) is 43.3 Å². The molecule has 0 aliphatic rings. The number of ether oxygens (including phenoxy) is 1. The molecule has 0 aliphatic heterocycles. The average molecular weight is 444 g/mol. The SMILES string of the molecule is C=CCn1c(SCC(=O)N(C)Cc2ccccc2OC)nc2cc(Cl)ccc2c1=O. The first kappa shape index (κ1) is 21.9. The van der Waals surface area contributed by atoms with Crippen molar-refractivity contribution in [2.24, 2.45) is 0 Å². The lowest BCUT2D eigenvalue weighted by molar-refractivity contribution is -0.127. The van der Waals surface area contributed by atoms with E-state index in [-0.39, 0.29) is 17.2 Å². The molecule has 6 nitrogen and oxygen atoms in total. The van der Waals surface area contributed by atoms with Crippen LogP contribution in [0.25, 0.3) is 10.9 Å². The van der Waals surface area contributed by atoms with Gasteiger partial charge in [-0.05, 0) is 24.3 Å². The number of benzene rings is 2. The van der Waals surface area contributed by atoms with Crippen molar-refractivity contribution in [1.29, 1.82) is 0 Å². The molecule has 0 atom stereocenters. The summed E-state index contributed by atoms with van der Waals surface area (Å²) in [4.78, 5) is 31.7. The van der Waals surface area contributed by atoms with Crippen LogP contribution in [-0.4, -0.2) is 40.3 Å². The van der Waals surface area contributed by atoms with Gasteiger partial charge in [-0.3, -0.25) is 14.2 Å². The summed E-state index contributed by atoms with van der Waals surface area (Å²) >= 11 is 7.27. The number of rotatable bonds is 8. The normalized spacial score (nSPS) is 10.8. The largest absolute Gasteiger partial charge is 0.496 e. The number of methoxy groups -OCH3 is 1. The molecule has 0 fully saturated rings. The van der Waals surface area contributed by atoms with E-state index in [4.69, 9.17) is 16.3 Å². The van der Waals surface area contributed by atoms with E-state index in [2.05, 4.69) is 11.6 Å². The second kappa shape index (κ2) is 9.82. The fourth-order valence-electron chi connectivity index (χ4n) is 2.99. The van der Waals surface area contributed by atoms with Crippen LogP contribution in [0.1, 0.15) is 5.56 Å². The van der Waals surface area contributed by atoms with Crippen LogP contribution in [0.15, 0.2) is 65.1 Å². The van der Waals surface area contributed by atoms with Gasteiger partial charge in [0.25, 0.3) is 5.56 Å². The van der Waals surface area contributed by atoms with Gasteiger partial charge in [0.05, 0.1) is 23.8 Å². The number of carbonyl (C=O) groups excluding carboxylic acids is 1. The van der Waals surface area contributed by atoms with Crippen molar-refractivity contribution in [2.75, 3.05) is 19.9 Å². The van der Waals surface area contributed by atoms with E-state index in [0.717, 1.165) is 11.3 Å². The molecule has 0 aliphatic carbocycles. The Morgan fingerprint density at radius 1 is 1.33 bits per heavy atom. The standard InChI is InChI=1S/C22H22ClN3O3S/c1-4-11-26-21(28)17-10-9-16(23)12-18(17)24-22(26)30-14-20(27)25(2)13-15-7-5-6-8-19(15)29-3/h4-10,12H,1,11,13-14H2,2-3H3. The highest BCUT2D eigenvalue weighted by molar-refractivity contribution is 7.99. The van der Waals surface area contributed by atoms with Crippen LogP contribution in [0, 0.1) is 0 Å². The minimum Gasteiger partial charge on any atom is -0.496 e. The van der Waals surface area contributed by atoms with Crippen LogP contribution in [0.3, 0.4) is 0 Å². The number of hydrogen-bond donors (Lipinski definition) is 0. The predicted molar refractivity (Wildman–Crippen MR) is 121 cm³/mol. The van der Waals surface area contributed by atoms with Crippen LogP contribution in [0.5, 0.6) is 5.75 Å². The van der Waals surface area contributed by atoms with Crippen LogP contribution < -0.4 is 10.3 Å². The summed E-state index contributed by atoms with van der Waals surface area (Å²) in [6, 6.07) is 12.5. The molecular weight excluding hydrogens is 422 g/mol. The zero-order valence-corrected chi connectivity index (χ0v) is 18.4. The minimum absolute atomic E-state index is 0.0866. The zero-order chi connectivity index (χ0) is 21.7. The van der Waals surface area contributed by atoms with Gasteiger partial charge in [-0.25, -0.2) is 4.98 Å². The van der Waals surface area contributed by atoms with Crippen molar-refractivity contribution >= 4 is 40.2 Å². The number of hydrogen-bond acceptors (Lipinski definition) is 5. The molecule has 3 aromatic rings. The highest BCUT2D eigenvalue weighted by Gasteiger charge is 2.16. The molecule has 8 heteroatoms. The number of halogens is 1. The van der Waals surface area contributed by atoms with Gasteiger partial charge < -0.3 is 9.64 Å². The Morgan fingerprint density at radius 3 is 2.83 bits per heavy atom. The molecule has 156 valence electrons. The van der Waals surface area contributed by atoms with Gasteiger partial charge in [-0.2, -0.15) is 0 Å². The first-order valence-electron chi connectivity index (χ1n) is 9.24. The summed E-state index contributed by atoms with van der Waals surface area (Å²) in [5, 5.41) is 1.43. The maximum atomic E-state index is 12.9. The van der Waals surface area contributed by atoms with E-state index in [1.807, 2.05) is 24.3 Å². The van der Waals surface area contributed by atoms with Gasteiger partial charge in [0.2, 0.25) is 5.91 Å². The lowest BCUT2D eigenvalue weighted by atomic mass is 10.2. The van der Waals surface area contributed by atoms with Crippen molar-refractivity contribution < 1.29 is 9.53 Å². The number of thioether (sulfide) groups is 1. The van der Waals surface area contributed by atoms with Gasteiger partial charge in [0.15, 0.2) is 5.16 Å². The highest BCUT2D eigenvalue weighted by Crippen LogP contribution is 2.22. The maximum Gasteiger partial charge on any atom is 0.262 e. The lowest BCUT2D eigenvalue weighted by Crippen LogP contribution is -2.29. The smallest absolute Gasteiger partial charge is 0.262 e. The molecule has 1 amide bonds. The monoisotopic (exact) mass is 443 g/mol. The molecule has 0 saturated heterocycles. The Morgan fingerprint density at radius 2 is 2.10 bits per heavy atom. The molecule has 0 saturated carbocycles. The zero-order valence-electron chi connectivity index (χ0n) is 16.8. The number of fused-ring (bicyclic) bond motifs is 1. The number of nitrogens with zero attached hydrogens (tertiary/aromatic N) is 3. The summed E-state index contributed by atoms with van der Waals surface area (Å²) in [7, 11) is 3.34. The summed E-state index contributed by atoms with van der Waals surface area (Å²) in [6.07, 6.45) is 1.63. The summed E-state index contributed by atoms with van der Waals surface area (Å²) in [5.74, 6) is 0.788. The molecule has 1 aromatic heterocycles. The first-order chi connectivity index (χ1) is 14.4. The van der Waals surface area contributed by atoms with Crippen LogP contribution in [0.2, 0.25) is 5.02 Å². The fourth-order valence-corrected chi connectivity index (χ4v) is 4.10. The average Bonchev–Trinajstić information content (AvgIpc) is 2.74. The van der Waals surface area contributed by atoms with Crippen molar-refractivity contribution in [1.82, 2.24) is 14.5 Å². The topological polar surface area (TPSA) is 64.4 Å². The number of aromatic nitrogens is 2. The van der Waals surface area contributed by atoms with Crippen molar-refractivity contribution in [3.63, 3.8) is 0 Å². The molecular formula is C22H22ClN3O3S. The summed E-state index contributed by atoms with van der Waals surface area (Å²) in [6.45, 7) is 4.44. The number of amides is 1. The van der Waals surface area contributed by atoms with Crippen LogP contribution >= 0.6 is 23.4 Å². The Balaban J connectivity index is 1.80. The molecule has 3 rings (SSSR count). The van der Waals surface area contributed by atoms with Gasteiger partial charge >= 0.3 is 0 Å². The van der Waals surface area contributed by atoms with E-state index in [9.17, 15) is 9.59 Å². The van der Waals surface area contributed by atoms with E-state index in [1.165, 1.54) is 16.3 Å². The lowest BCUT2D eigenvalue weighted by Gasteiger charge is -2.19. The molecule has 1 heterocycles. The minimum atomic E-state index is -0.186. The summed E-state index contributed by atoms with van der Waals surface area (Å²) < 4.78 is 6.87. The number of carbonyl (C=O) groups is 1. The second-order valence-electron chi connectivity index (χ2n) is 6.61. The van der Waals surface area contributed by atoms with Crippen molar-refractivity contribution in [3.05, 3.63) is 76.1 Å². The van der Waals surface area contributed by atoms with E-state index in [0.29, 0.717) is 34.2 Å². The van der Waals surface area contributed by atoms with E-state index >= 15 is 0 Å². The van der Waals surface area contributed by atoms with Gasteiger partial charge in [0.1, 0.15) is 5.75 Å². The highest BCUT2D eigenvalue weighted by atomic mass is 35.5. The Kier molecular flexibility index (Phi) is 7.18. The Hall–Kier alpha value is -2.77. The number of allylic oxidation sites excluding steroid dienone is 1. The van der Waals surface area contributed by atoms with Gasteiger partial charge in [-0.1, -0.05) is 47.6 Å². The molecule has 30 heavy (non-hydrogen) atoms. The Labute approximate surface area is 184 Å². The van der Waals surface area contributed by atoms with E-state index < -0.39 is 0 Å². The molecule has 0 spiro atoms. The second-order valence-corrected chi connectivity index (χ2v) is 7.99. The van der Waals surface area contributed by atoms with Crippen LogP contribution in [0.4, 0.5) is 0 Å². The van der Waals surface area contributed by atoms with Gasteiger partial charge in [-0.15, -0.1) is 6.58 Å². The molecule has 0 N–H and O–H groups in total. The van der Waals surface area contributed by atoms with Crippen LogP contribution in [-0.2, 0) is 17.9 Å². The molecule has 0 unspecified atom stereocenters.